The van der Waals surface area contributed by atoms with Gasteiger partial charge in [0.2, 0.25) is 0 Å². The highest BCUT2D eigenvalue weighted by atomic mass is 35.9. The van der Waals surface area contributed by atoms with Crippen molar-refractivity contribution >= 4 is 86.2 Å². The van der Waals surface area contributed by atoms with E-state index in [0.717, 1.165) is 51.6 Å². The first-order chi connectivity index (χ1) is 45.3. The van der Waals surface area contributed by atoms with Crippen LogP contribution in [0.15, 0.2) is 69.2 Å². The van der Waals surface area contributed by atoms with E-state index in [1.165, 1.54) is 21.1 Å². The van der Waals surface area contributed by atoms with Crippen LogP contribution < -0.4 is 45.0 Å². The number of aromatic nitrogens is 8. The summed E-state index contributed by atoms with van der Waals surface area (Å²) in [6.07, 6.45) is -22.0. The molecule has 9 heterocycles. The Morgan fingerprint density at radius 1 is 0.535 bits per heavy atom. The minimum atomic E-state index is -5.52. The highest BCUT2D eigenvalue weighted by Crippen LogP contribution is 2.80. The zero-order chi connectivity index (χ0) is 74.9. The van der Waals surface area contributed by atoms with Crippen LogP contribution in [0.25, 0.3) is 0 Å². The summed E-state index contributed by atoms with van der Waals surface area (Å²) in [5.74, 6) is 0. The molecule has 5 fully saturated rings. The number of ether oxygens (including phenoxy) is 4. The summed E-state index contributed by atoms with van der Waals surface area (Å²) in [4.78, 5) is 155. The number of H-pyrrole nitrogens is 3. The molecule has 560 valence electrons. The Morgan fingerprint density at radius 2 is 0.909 bits per heavy atom. The van der Waals surface area contributed by atoms with E-state index >= 15 is 0 Å². The van der Waals surface area contributed by atoms with Crippen molar-refractivity contribution in [1.82, 2.24) is 37.8 Å². The lowest BCUT2D eigenvalue weighted by molar-refractivity contribution is -0.0550. The van der Waals surface area contributed by atoms with Gasteiger partial charge in [0.25, 0.3) is 22.2 Å². The summed E-state index contributed by atoms with van der Waals surface area (Å²) < 4.78 is 126. The molecule has 0 spiro atoms. The topological polar surface area (TPSA) is 725 Å². The van der Waals surface area contributed by atoms with Crippen LogP contribution in [0.5, 0.6) is 0 Å². The molecule has 20 atom stereocenters. The number of aliphatic hydroxyl groups excluding tert-OH is 9. The molecule has 0 bridgehead atoms. The van der Waals surface area contributed by atoms with Crippen molar-refractivity contribution in [3.8, 4) is 0 Å². The molecule has 0 aliphatic carbocycles. The number of aliphatic hydroxyl groups is 9. The quantitative estimate of drug-likeness (QED) is 0.0412. The zero-order valence-electron chi connectivity index (χ0n) is 49.8. The maximum absolute atomic E-state index is 12.2. The van der Waals surface area contributed by atoms with E-state index in [2.05, 4.69) is 57.4 Å². The molecule has 4 aromatic heterocycles. The molecule has 49 nitrogen and oxygen atoms in total. The van der Waals surface area contributed by atoms with E-state index in [-0.39, 0.29) is 16.7 Å². The fraction of sp³-hybridized carbons (Fsp3) is 0.600. The summed E-state index contributed by atoms with van der Waals surface area (Å²) in [6, 6.07) is 1.01. The lowest BCUT2D eigenvalue weighted by Gasteiger charge is -2.27. The first-order valence-electron chi connectivity index (χ1n) is 26.6. The zero-order valence-corrected chi connectivity index (χ0v) is 58.4. The number of aromatic amines is 3. The molecule has 8 unspecified atom stereocenters. The third kappa shape index (κ3) is 21.3. The van der Waals surface area contributed by atoms with Gasteiger partial charge in [0.1, 0.15) is 91.6 Å². The molecule has 0 radical (unpaired) electrons. The molecule has 4 aromatic rings. The highest BCUT2D eigenvalue weighted by molar-refractivity contribution is 8.08. The number of halogens is 2. The standard InChI is InChI=1S/C10H13Cl2N2O7P.C10H17N2O14P3S.C10H15N2O14P3.C10H14N2O6/c1-14-9(17)4(2-13-10(14)18)8-7(16)6(15)5(21-8)3-20-22(11,12)19;1-12-9(15)4(2-11-10(12)16)8-7(14)6(13)5(24-8)3-23-29(22,30)26-28(20,21)25-27(17,18)19;1-11-6(13)2-3-12(10(11)16)9-8(15)7(14)5(23-9)4-22-29(21)25-27(17,18)24-28(19,20)26-29;1-12-9(16)4(2-11-10(12)17)8-7(15)6(14)5(3-13)18-8/h2,5-8,15-16H,3H2,1H3,(H,13,18);2,5-8,13-14H,3H2,1H3,(H,11,16)(H,20,21)(H,22,30)(H2,17,18,19);2-3,5,7-9,14-15H,4H2,1H3,(H,17,18)(H,19,20);2,5-8,13-15H,3H2,1H3,(H,11,17)/t5-,6?,7+,8+;5-,6?,7+,8+,29?;5-,7?,8+,9-;5-,6?,7+,8+/m1111/s1. The predicted octanol–water partition coefficient (Wildman–Crippen LogP) is -6.68. The monoisotopic (exact) mass is 1630 g/mol. The number of hydrogen-bond acceptors (Lipinski definition) is 36. The van der Waals surface area contributed by atoms with Crippen LogP contribution in [0.3, 0.4) is 0 Å². The molecule has 0 saturated carbocycles. The summed E-state index contributed by atoms with van der Waals surface area (Å²) in [5, 5.41) is 88.6. The Balaban J connectivity index is 0.000000212. The summed E-state index contributed by atoms with van der Waals surface area (Å²) in [6.45, 7) is -7.32. The van der Waals surface area contributed by atoms with Gasteiger partial charge < -0.3 is 118 Å². The van der Waals surface area contributed by atoms with Crippen molar-refractivity contribution in [3.05, 3.63) is 131 Å². The van der Waals surface area contributed by atoms with Gasteiger partial charge in [-0.3, -0.25) is 51.1 Å². The van der Waals surface area contributed by atoms with Crippen LogP contribution in [0.4, 0.5) is 0 Å². The van der Waals surface area contributed by atoms with Crippen molar-refractivity contribution in [2.45, 2.75) is 97.8 Å². The fourth-order valence-electron chi connectivity index (χ4n) is 8.96. The van der Waals surface area contributed by atoms with Crippen LogP contribution in [0.1, 0.15) is 41.2 Å². The normalized spacial score (nSPS) is 33.5. The van der Waals surface area contributed by atoms with E-state index in [0.29, 0.717) is 9.13 Å². The number of hydrogen-bond donors (Lipinski definition) is 18. The predicted molar refractivity (Wildman–Crippen MR) is 323 cm³/mol. The van der Waals surface area contributed by atoms with E-state index in [9.17, 15) is 116 Å². The van der Waals surface area contributed by atoms with Crippen LogP contribution in [0.2, 0.25) is 0 Å². The number of rotatable bonds is 18. The Labute approximate surface area is 561 Å². The van der Waals surface area contributed by atoms with Crippen molar-refractivity contribution in [1.29, 1.82) is 0 Å². The second kappa shape index (κ2) is 32.7. The van der Waals surface area contributed by atoms with Crippen molar-refractivity contribution in [2.24, 2.45) is 28.2 Å². The van der Waals surface area contributed by atoms with Gasteiger partial charge in [-0.25, -0.2) is 46.3 Å². The average Bonchev–Trinajstić information content (AvgIpc) is 1.79. The molecular formula is C40H59Cl2N8O41P7S. The Hall–Kier alpha value is -3.75. The van der Waals surface area contributed by atoms with Crippen LogP contribution in [0, 0.1) is 0 Å². The van der Waals surface area contributed by atoms with Gasteiger partial charge in [-0.05, 0) is 34.3 Å². The Kier molecular flexibility index (Phi) is 27.8. The third-order valence-electron chi connectivity index (χ3n) is 13.9. The molecule has 5 aliphatic heterocycles. The lowest BCUT2D eigenvalue weighted by Crippen LogP contribution is -2.41. The maximum atomic E-state index is 12.2. The van der Waals surface area contributed by atoms with E-state index in [1.54, 1.807) is 0 Å². The molecular weight excluding hydrogens is 1570 g/mol. The number of nitrogens with one attached hydrogen (secondary N) is 3. The van der Waals surface area contributed by atoms with Crippen LogP contribution >= 0.6 is 74.4 Å². The van der Waals surface area contributed by atoms with Crippen LogP contribution in [-0.4, -0.2) is 213 Å². The molecule has 18 N–H and O–H groups in total. The van der Waals surface area contributed by atoms with Gasteiger partial charge in [-0.15, -0.1) is 0 Å². The number of nitrogens with zero attached hydrogens (tertiary/aromatic N) is 5. The Bertz CT molecular complexity index is 4450. The van der Waals surface area contributed by atoms with E-state index in [4.69, 9.17) is 70.6 Å². The van der Waals surface area contributed by atoms with Gasteiger partial charge in [-0.1, -0.05) is 0 Å². The third-order valence-corrected chi connectivity index (χ3v) is 25.0. The van der Waals surface area contributed by atoms with Crippen molar-refractivity contribution in [2.75, 3.05) is 26.4 Å². The molecule has 0 aromatic carbocycles. The van der Waals surface area contributed by atoms with Gasteiger partial charge in [0.05, 0.1) is 43.1 Å². The van der Waals surface area contributed by atoms with Crippen LogP contribution in [-0.2, 0) is 121 Å². The van der Waals surface area contributed by atoms with E-state index < -0.39 is 221 Å². The largest absolute Gasteiger partial charge is 0.492 e. The minimum absolute atomic E-state index is 0.0274. The van der Waals surface area contributed by atoms with Gasteiger partial charge >= 0.3 is 74.7 Å². The Morgan fingerprint density at radius 3 is 1.29 bits per heavy atom. The molecule has 9 rings (SSSR count). The molecule has 99 heavy (non-hydrogen) atoms. The molecule has 59 heteroatoms. The van der Waals surface area contributed by atoms with E-state index in [1.807, 2.05) is 0 Å². The summed E-state index contributed by atoms with van der Waals surface area (Å²) in [5.41, 5.74) is -5.80. The second-order valence-electron chi connectivity index (χ2n) is 20.6. The summed E-state index contributed by atoms with van der Waals surface area (Å²) in [7, 11) is -21.7. The maximum Gasteiger partial charge on any atom is 0.492 e. The fourth-order valence-corrected chi connectivity index (χ4v) is 18.5. The number of phosphoric acid groups is 5. The lowest BCUT2D eigenvalue weighted by atomic mass is 10.0. The molecule has 5 aliphatic rings. The van der Waals surface area contributed by atoms with Gasteiger partial charge in [-0.2, -0.15) is 17.2 Å². The second-order valence-corrected chi connectivity index (χ2v) is 35.7. The van der Waals surface area contributed by atoms with Crippen molar-refractivity contribution < 1.29 is 157 Å². The average molecular weight is 1630 g/mol. The smallest absolute Gasteiger partial charge is 0.394 e. The van der Waals surface area contributed by atoms with Crippen molar-refractivity contribution in [3.63, 3.8) is 0 Å². The first kappa shape index (κ1) is 84.2. The first-order valence-corrected chi connectivity index (χ1v) is 40.1. The summed E-state index contributed by atoms with van der Waals surface area (Å²) >= 11 is 14.9. The minimum Gasteiger partial charge on any atom is -0.394 e. The highest BCUT2D eigenvalue weighted by Gasteiger charge is 2.56. The molecule has 5 saturated heterocycles. The SMILES string of the molecule is Cn1c(=O)[nH]cc([C@@H]2O[C@H](CO)C(O)[C@@H]2O)c1=O.Cn1c(=O)[nH]cc([C@@H]2O[C@H](COP(=O)(Cl)Cl)C(O)[C@@H]2O)c1=O.Cn1c(=O)[nH]cc([C@@H]2O[C@H](COP(O)(=S)OP(=O)(O)OP(=O)(O)O)C(O)[C@@H]2O)c1=O.Cn1c(=O)ccn([C@@H]2O[C@H](COP3(=O)OP(=O)(O)OP(=O)(O)O3)C(O)[C@@H]2O)c1=O. The molecule has 0 amide bonds. The van der Waals surface area contributed by atoms with Gasteiger partial charge in [0.15, 0.2) is 6.23 Å². The van der Waals surface area contributed by atoms with Gasteiger partial charge in [0, 0.05) is 59.0 Å².